The van der Waals surface area contributed by atoms with Gasteiger partial charge < -0.3 is 5.32 Å². The average molecular weight is 468 g/mol. The summed E-state index contributed by atoms with van der Waals surface area (Å²) in [6, 6.07) is 8.58. The molecule has 1 amide bonds. The van der Waals surface area contributed by atoms with Crippen LogP contribution < -0.4 is 10.0 Å². The molecule has 172 valence electrons. The molecule has 0 aliphatic heterocycles. The van der Waals surface area contributed by atoms with Crippen molar-refractivity contribution in [3.8, 4) is 0 Å². The Bertz CT molecular complexity index is 1090. The molecule has 0 radical (unpaired) electrons. The van der Waals surface area contributed by atoms with Gasteiger partial charge >= 0.3 is 6.18 Å². The fourth-order valence-electron chi connectivity index (χ4n) is 2.68. The average Bonchev–Trinajstić information content (AvgIpc) is 2.71. The Morgan fingerprint density at radius 3 is 2.38 bits per heavy atom. The van der Waals surface area contributed by atoms with Gasteiger partial charge in [-0.1, -0.05) is 38.6 Å². The molecule has 0 fully saturated rings. The molecule has 1 heterocycles. The zero-order valence-corrected chi connectivity index (χ0v) is 18.4. The van der Waals surface area contributed by atoms with Crippen molar-refractivity contribution in [1.82, 2.24) is 10.3 Å². The molecule has 0 saturated heterocycles. The van der Waals surface area contributed by atoms with Crippen molar-refractivity contribution in [2.45, 2.75) is 33.0 Å². The zero-order valence-electron chi connectivity index (χ0n) is 17.6. The monoisotopic (exact) mass is 467 g/mol. The molecule has 2 N–H and O–H groups in total. The van der Waals surface area contributed by atoms with Crippen molar-refractivity contribution in [3.05, 3.63) is 77.0 Å². The SMILES string of the molecule is C=CS(=O)(=O)Nc1ccc(CNC(=O)/C=C\c2ccc(C(F)(F)F)nc2CC(C)C)cc1. The molecule has 0 spiro atoms. The van der Waals surface area contributed by atoms with E-state index >= 15 is 0 Å². The maximum Gasteiger partial charge on any atom is 0.433 e. The standard InChI is InChI=1S/C22H24F3N3O3S/c1-4-32(30,31)28-18-9-5-16(6-10-18)14-26-21(29)12-8-17-7-11-20(22(23,24)25)27-19(17)13-15(2)3/h4-12,15,28H,1,13-14H2,2-3H3,(H,26,29)/b12-8-. The molecule has 0 aliphatic carbocycles. The van der Waals surface area contributed by atoms with Gasteiger partial charge in [-0.25, -0.2) is 13.4 Å². The minimum atomic E-state index is -4.54. The van der Waals surface area contributed by atoms with Crippen LogP contribution in [0.15, 0.2) is 54.5 Å². The fourth-order valence-corrected chi connectivity index (χ4v) is 3.23. The number of amides is 1. The first-order valence-electron chi connectivity index (χ1n) is 9.67. The summed E-state index contributed by atoms with van der Waals surface area (Å²) in [6.45, 7) is 7.13. The van der Waals surface area contributed by atoms with Gasteiger partial charge in [0, 0.05) is 29.4 Å². The van der Waals surface area contributed by atoms with Crippen molar-refractivity contribution in [1.29, 1.82) is 0 Å². The van der Waals surface area contributed by atoms with Gasteiger partial charge in [0.2, 0.25) is 5.91 Å². The molecule has 0 atom stereocenters. The molecule has 0 saturated carbocycles. The Labute approximate surface area is 185 Å². The third-order valence-corrected chi connectivity index (χ3v) is 5.17. The largest absolute Gasteiger partial charge is 0.433 e. The van der Waals surface area contributed by atoms with Crippen LogP contribution in [0.3, 0.4) is 0 Å². The van der Waals surface area contributed by atoms with Crippen LogP contribution in [0.5, 0.6) is 0 Å². The summed E-state index contributed by atoms with van der Waals surface area (Å²) in [7, 11) is -3.60. The topological polar surface area (TPSA) is 88.2 Å². The summed E-state index contributed by atoms with van der Waals surface area (Å²) < 4.78 is 64.1. The second-order valence-corrected chi connectivity index (χ2v) is 9.02. The first-order valence-corrected chi connectivity index (χ1v) is 11.2. The number of hydrogen-bond acceptors (Lipinski definition) is 4. The van der Waals surface area contributed by atoms with E-state index in [-0.39, 0.29) is 18.2 Å². The van der Waals surface area contributed by atoms with E-state index in [9.17, 15) is 26.4 Å². The van der Waals surface area contributed by atoms with Gasteiger partial charge in [0.25, 0.3) is 10.0 Å². The Balaban J connectivity index is 2.03. The summed E-state index contributed by atoms with van der Waals surface area (Å²) in [5.41, 5.74) is 0.836. The second kappa shape index (κ2) is 10.4. The molecule has 2 rings (SSSR count). The van der Waals surface area contributed by atoms with E-state index < -0.39 is 27.8 Å². The van der Waals surface area contributed by atoms with Crippen molar-refractivity contribution in [2.24, 2.45) is 5.92 Å². The third kappa shape index (κ3) is 7.84. The Kier molecular flexibility index (Phi) is 8.20. The predicted molar refractivity (Wildman–Crippen MR) is 118 cm³/mol. The molecule has 1 aromatic heterocycles. The first-order chi connectivity index (χ1) is 14.9. The minimum Gasteiger partial charge on any atom is -0.348 e. The number of halogens is 3. The number of pyridine rings is 1. The predicted octanol–water partition coefficient (Wildman–Crippen LogP) is 4.51. The van der Waals surface area contributed by atoms with Gasteiger partial charge in [-0.15, -0.1) is 0 Å². The number of hydrogen-bond donors (Lipinski definition) is 2. The van der Waals surface area contributed by atoms with E-state index in [1.165, 1.54) is 18.2 Å². The van der Waals surface area contributed by atoms with E-state index in [0.717, 1.165) is 17.0 Å². The van der Waals surface area contributed by atoms with Crippen molar-refractivity contribution >= 4 is 27.7 Å². The molecule has 2 aromatic rings. The molecular formula is C22H24F3N3O3S. The van der Waals surface area contributed by atoms with E-state index in [4.69, 9.17) is 0 Å². The number of benzene rings is 1. The van der Waals surface area contributed by atoms with E-state index in [0.29, 0.717) is 17.7 Å². The normalized spacial score (nSPS) is 12.2. The summed E-state index contributed by atoms with van der Waals surface area (Å²) in [5.74, 6) is -0.345. The minimum absolute atomic E-state index is 0.0888. The maximum atomic E-state index is 13.0. The quantitative estimate of drug-likeness (QED) is 0.531. The number of rotatable bonds is 9. The maximum absolute atomic E-state index is 13.0. The van der Waals surface area contributed by atoms with Crippen LogP contribution in [0, 0.1) is 5.92 Å². The van der Waals surface area contributed by atoms with E-state index in [1.54, 1.807) is 24.3 Å². The van der Waals surface area contributed by atoms with Crippen molar-refractivity contribution in [2.75, 3.05) is 4.72 Å². The molecule has 6 nitrogen and oxygen atoms in total. The van der Waals surface area contributed by atoms with Crippen LogP contribution in [0.25, 0.3) is 6.08 Å². The van der Waals surface area contributed by atoms with E-state index in [2.05, 4.69) is 21.6 Å². The van der Waals surface area contributed by atoms with Crippen LogP contribution in [0.1, 0.15) is 36.4 Å². The number of carbonyl (C=O) groups excluding carboxylic acids is 1. The van der Waals surface area contributed by atoms with Gasteiger partial charge in [0.05, 0.1) is 0 Å². The van der Waals surface area contributed by atoms with Crippen molar-refractivity contribution in [3.63, 3.8) is 0 Å². The van der Waals surface area contributed by atoms with Gasteiger partial charge in [0.1, 0.15) is 5.69 Å². The molecule has 10 heteroatoms. The van der Waals surface area contributed by atoms with Gasteiger partial charge in [-0.3, -0.25) is 9.52 Å². The summed E-state index contributed by atoms with van der Waals surface area (Å²) >= 11 is 0. The Morgan fingerprint density at radius 2 is 1.81 bits per heavy atom. The zero-order chi connectivity index (χ0) is 23.9. The molecule has 1 aromatic carbocycles. The lowest BCUT2D eigenvalue weighted by atomic mass is 10.0. The number of nitrogens with zero attached hydrogens (tertiary/aromatic N) is 1. The van der Waals surface area contributed by atoms with Crippen molar-refractivity contribution < 1.29 is 26.4 Å². The van der Waals surface area contributed by atoms with Crippen LogP contribution >= 0.6 is 0 Å². The highest BCUT2D eigenvalue weighted by Crippen LogP contribution is 2.29. The summed E-state index contributed by atoms with van der Waals surface area (Å²) in [6.07, 6.45) is -1.52. The van der Waals surface area contributed by atoms with Gasteiger partial charge in [0.15, 0.2) is 0 Å². The summed E-state index contributed by atoms with van der Waals surface area (Å²) in [4.78, 5) is 15.9. The molecule has 0 unspecified atom stereocenters. The fraction of sp³-hybridized carbons (Fsp3) is 0.273. The molecule has 0 aliphatic rings. The highest BCUT2D eigenvalue weighted by atomic mass is 32.2. The lowest BCUT2D eigenvalue weighted by Crippen LogP contribution is -2.20. The molecular weight excluding hydrogens is 443 g/mol. The first kappa shape index (κ1) is 25.1. The number of anilines is 1. The van der Waals surface area contributed by atoms with Crippen LogP contribution in [0.4, 0.5) is 18.9 Å². The highest BCUT2D eigenvalue weighted by Gasteiger charge is 2.32. The number of sulfonamides is 1. The molecule has 32 heavy (non-hydrogen) atoms. The van der Waals surface area contributed by atoms with Crippen LogP contribution in [-0.2, 0) is 34.0 Å². The third-order valence-electron chi connectivity index (χ3n) is 4.22. The number of carbonyl (C=O) groups is 1. The second-order valence-electron chi connectivity index (χ2n) is 7.39. The van der Waals surface area contributed by atoms with E-state index in [1.807, 2.05) is 13.8 Å². The van der Waals surface area contributed by atoms with Crippen LogP contribution in [-0.4, -0.2) is 19.3 Å². The highest BCUT2D eigenvalue weighted by molar-refractivity contribution is 7.95. The number of aromatic nitrogens is 1. The molecule has 0 bridgehead atoms. The summed E-state index contributed by atoms with van der Waals surface area (Å²) in [5, 5.41) is 3.46. The number of nitrogens with one attached hydrogen (secondary N) is 2. The van der Waals surface area contributed by atoms with Gasteiger partial charge in [-0.2, -0.15) is 13.2 Å². The Hall–Kier alpha value is -3.14. The lowest BCUT2D eigenvalue weighted by Gasteiger charge is -2.12. The Morgan fingerprint density at radius 1 is 1.16 bits per heavy atom. The smallest absolute Gasteiger partial charge is 0.348 e. The van der Waals surface area contributed by atoms with Gasteiger partial charge in [-0.05, 0) is 47.7 Å². The van der Waals surface area contributed by atoms with Crippen LogP contribution in [0.2, 0.25) is 0 Å². The lowest BCUT2D eigenvalue weighted by molar-refractivity contribution is -0.141. The number of alkyl halides is 3.